The van der Waals surface area contributed by atoms with E-state index in [0.29, 0.717) is 18.2 Å². The first-order valence-corrected chi connectivity index (χ1v) is 18.0. The molecule has 1 aliphatic rings. The van der Waals surface area contributed by atoms with Gasteiger partial charge in [-0.1, -0.05) is 54.6 Å². The second-order valence-corrected chi connectivity index (χ2v) is 13.9. The van der Waals surface area contributed by atoms with E-state index in [1.807, 2.05) is 49.4 Å². The summed E-state index contributed by atoms with van der Waals surface area (Å²) in [5, 5.41) is 8.22. The van der Waals surface area contributed by atoms with Gasteiger partial charge in [0.2, 0.25) is 5.78 Å². The van der Waals surface area contributed by atoms with Crippen molar-refractivity contribution < 1.29 is 99.4 Å². The van der Waals surface area contributed by atoms with Crippen LogP contribution in [0.1, 0.15) is 43.6 Å². The molecule has 258 valence electrons. The number of ketones is 1. The number of hydrogen-bond donors (Lipinski definition) is 2. The number of carbonyl (C=O) groups is 3. The fraction of sp³-hybridized carbons (Fsp3) is 0.0556. The molecule has 0 atom stereocenters. The number of rotatable bonds is 9. The molecular formula is C36H26N4Na2O9S2. The number of hydrazone groups is 1. The zero-order chi connectivity index (χ0) is 36.5. The molecule has 0 fully saturated rings. The van der Waals surface area contributed by atoms with E-state index in [9.17, 15) is 40.3 Å². The minimum atomic E-state index is -5.48. The minimum absolute atomic E-state index is 0. The summed E-state index contributed by atoms with van der Waals surface area (Å²) in [4.78, 5) is 39.8. The molecule has 0 saturated carbocycles. The number of allylic oxidation sites excluding steroid dienone is 1. The number of carbonyl (C=O) groups excluding carboxylic acids is 3. The molecule has 53 heavy (non-hydrogen) atoms. The molecule has 5 aromatic rings. The summed E-state index contributed by atoms with van der Waals surface area (Å²) in [7, 11) is -10.8. The van der Waals surface area contributed by atoms with Crippen molar-refractivity contribution in [3.8, 4) is 0 Å². The molecule has 0 aromatic heterocycles. The maximum atomic E-state index is 13.9. The smallest absolute Gasteiger partial charge is 0.744 e. The summed E-state index contributed by atoms with van der Waals surface area (Å²) in [5.74, 6) is -2.27. The van der Waals surface area contributed by atoms with Crippen LogP contribution in [0.2, 0.25) is 0 Å². The first-order valence-electron chi connectivity index (χ1n) is 15.2. The molecule has 5 aromatic carbocycles. The number of hydrogen-bond acceptors (Lipinski definition) is 11. The monoisotopic (exact) mass is 768 g/mol. The van der Waals surface area contributed by atoms with Gasteiger partial charge in [0.25, 0.3) is 11.8 Å². The molecule has 0 bridgehead atoms. The Bertz CT molecular complexity index is 2520. The molecule has 13 nitrogen and oxygen atoms in total. The van der Waals surface area contributed by atoms with E-state index in [1.165, 1.54) is 36.4 Å². The molecule has 17 heteroatoms. The van der Waals surface area contributed by atoms with Gasteiger partial charge in [0, 0.05) is 28.6 Å². The van der Waals surface area contributed by atoms with E-state index in [4.69, 9.17) is 0 Å². The van der Waals surface area contributed by atoms with E-state index >= 15 is 0 Å². The van der Waals surface area contributed by atoms with Crippen LogP contribution in [0.15, 0.2) is 124 Å². The van der Waals surface area contributed by atoms with E-state index < -0.39 is 58.6 Å². The normalized spacial score (nSPS) is 13.2. The molecule has 2 N–H and O–H groups in total. The van der Waals surface area contributed by atoms with E-state index in [-0.39, 0.29) is 82.0 Å². The van der Waals surface area contributed by atoms with Gasteiger partial charge in [-0.3, -0.25) is 19.8 Å². The fourth-order valence-corrected chi connectivity index (χ4v) is 6.95. The summed E-state index contributed by atoms with van der Waals surface area (Å²) in [6.45, 7) is 2.21. The minimum Gasteiger partial charge on any atom is -0.744 e. The van der Waals surface area contributed by atoms with Crippen LogP contribution >= 0.6 is 0 Å². The van der Waals surface area contributed by atoms with Crippen LogP contribution in [0.25, 0.3) is 16.8 Å². The van der Waals surface area contributed by atoms with Gasteiger partial charge in [-0.2, -0.15) is 5.10 Å². The van der Waals surface area contributed by atoms with E-state index in [1.54, 1.807) is 23.1 Å². The van der Waals surface area contributed by atoms with Gasteiger partial charge in [-0.15, -0.1) is 0 Å². The standard InChI is InChI=1S/C36H28N4O9S2.2Na/c1-2-40(29-14-8-12-22-9-6-7-13-26(22)29)36(43)24-15-17-25(18-16-24)38-39-33-31(51(47,48)49)21-27-30(50(44,45)46)20-19-28(32(27)34(33)41)37-35(42)23-10-4-3-5-11-23;;/h3-21,38H,2H2,1H3,(H,37,42)(H,44,45,46)(H,47,48,49);;/q;2*+1/p-2/b39-33+;;. The third kappa shape index (κ3) is 8.87. The third-order valence-corrected chi connectivity index (χ3v) is 9.77. The van der Waals surface area contributed by atoms with Crippen molar-refractivity contribution in [2.45, 2.75) is 11.8 Å². The van der Waals surface area contributed by atoms with Crippen LogP contribution in [0.5, 0.6) is 0 Å². The average Bonchev–Trinajstić information content (AvgIpc) is 3.11. The molecule has 1 aliphatic carbocycles. The summed E-state index contributed by atoms with van der Waals surface area (Å²) in [5.41, 5.74) is 1.42. The number of nitrogens with zero attached hydrogens (tertiary/aromatic N) is 2. The van der Waals surface area contributed by atoms with Crippen LogP contribution in [0, 0.1) is 0 Å². The van der Waals surface area contributed by atoms with E-state index in [2.05, 4.69) is 15.8 Å². The quantitative estimate of drug-likeness (QED) is 0.109. The summed E-state index contributed by atoms with van der Waals surface area (Å²) in [6.07, 6.45) is 0.566. The number of Topliss-reactive ketones (excluding diaryl/α,β-unsaturated/α-hetero) is 1. The van der Waals surface area contributed by atoms with Crippen LogP contribution in [-0.2, 0) is 20.2 Å². The van der Waals surface area contributed by atoms with Gasteiger partial charge in [0.15, 0.2) is 0 Å². The average molecular weight is 769 g/mol. The van der Waals surface area contributed by atoms with Crippen molar-refractivity contribution in [3.63, 3.8) is 0 Å². The molecule has 0 spiro atoms. The van der Waals surface area contributed by atoms with Gasteiger partial charge >= 0.3 is 59.1 Å². The first-order chi connectivity index (χ1) is 24.3. The molecule has 0 heterocycles. The zero-order valence-corrected chi connectivity index (χ0v) is 34.2. The van der Waals surface area contributed by atoms with Gasteiger partial charge in [-0.25, -0.2) is 16.8 Å². The Morgan fingerprint density at radius 2 is 1.40 bits per heavy atom. The third-order valence-electron chi connectivity index (χ3n) is 8.03. The topological polar surface area (TPSA) is 205 Å². The van der Waals surface area contributed by atoms with Gasteiger partial charge < -0.3 is 19.3 Å². The second kappa shape index (κ2) is 17.0. The van der Waals surface area contributed by atoms with Crippen molar-refractivity contribution in [1.29, 1.82) is 0 Å². The van der Waals surface area contributed by atoms with Crippen molar-refractivity contribution in [2.75, 3.05) is 22.2 Å². The predicted molar refractivity (Wildman–Crippen MR) is 190 cm³/mol. The Kier molecular flexibility index (Phi) is 13.4. The molecule has 0 aliphatic heterocycles. The van der Waals surface area contributed by atoms with Crippen molar-refractivity contribution in [3.05, 3.63) is 136 Å². The van der Waals surface area contributed by atoms with Crippen molar-refractivity contribution in [2.24, 2.45) is 5.10 Å². The molecule has 0 unspecified atom stereocenters. The second-order valence-electron chi connectivity index (χ2n) is 11.2. The summed E-state index contributed by atoms with van der Waals surface area (Å²) >= 11 is 0. The van der Waals surface area contributed by atoms with Gasteiger partial charge in [0.05, 0.1) is 32.4 Å². The van der Waals surface area contributed by atoms with Crippen LogP contribution in [-0.4, -0.2) is 55.8 Å². The number of benzene rings is 5. The Morgan fingerprint density at radius 3 is 2.04 bits per heavy atom. The SMILES string of the molecule is CCN(C(=O)c1ccc(N/N=C2/C(=O)c3c(NC(=O)c4ccccc4)ccc(S(=O)(=O)[O-])c3C=C2S(=O)(=O)[O-])cc1)c1cccc2ccccc12.[Na+].[Na+]. The number of amides is 2. The Balaban J connectivity index is 0.00000314. The largest absolute Gasteiger partial charge is 1.00 e. The molecule has 0 radical (unpaired) electrons. The summed E-state index contributed by atoms with van der Waals surface area (Å²) < 4.78 is 73.4. The maximum Gasteiger partial charge on any atom is 1.00 e. The Morgan fingerprint density at radius 1 is 0.755 bits per heavy atom. The summed E-state index contributed by atoms with van der Waals surface area (Å²) in [6, 6.07) is 28.7. The van der Waals surface area contributed by atoms with E-state index in [0.717, 1.165) is 28.6 Å². The fourth-order valence-electron chi connectivity index (χ4n) is 5.65. The maximum absolute atomic E-state index is 13.9. The van der Waals surface area contributed by atoms with Crippen LogP contribution in [0.4, 0.5) is 17.1 Å². The van der Waals surface area contributed by atoms with Gasteiger partial charge in [0.1, 0.15) is 25.9 Å². The number of anilines is 3. The Labute approximate surface area is 349 Å². The molecule has 0 saturated heterocycles. The Hall–Kier alpha value is -4.00. The predicted octanol–water partition coefficient (Wildman–Crippen LogP) is -0.779. The molecule has 6 rings (SSSR count). The van der Waals surface area contributed by atoms with Crippen LogP contribution < -0.4 is 74.8 Å². The number of nitrogens with one attached hydrogen (secondary N) is 2. The van der Waals surface area contributed by atoms with Crippen molar-refractivity contribution >= 4 is 77.5 Å². The first kappa shape index (κ1) is 41.8. The molecular weight excluding hydrogens is 743 g/mol. The van der Waals surface area contributed by atoms with Crippen LogP contribution in [0.3, 0.4) is 0 Å². The molecule has 2 amide bonds. The number of fused-ring (bicyclic) bond motifs is 2. The van der Waals surface area contributed by atoms with Crippen molar-refractivity contribution in [1.82, 2.24) is 0 Å². The van der Waals surface area contributed by atoms with Gasteiger partial charge in [-0.05, 0) is 73.0 Å². The zero-order valence-electron chi connectivity index (χ0n) is 28.6.